The summed E-state index contributed by atoms with van der Waals surface area (Å²) in [5.41, 5.74) is 2.54. The van der Waals surface area contributed by atoms with Gasteiger partial charge >= 0.3 is 0 Å². The van der Waals surface area contributed by atoms with Crippen molar-refractivity contribution in [1.29, 1.82) is 0 Å². The van der Waals surface area contributed by atoms with E-state index in [1.165, 1.54) is 28.9 Å². The summed E-state index contributed by atoms with van der Waals surface area (Å²) in [4.78, 5) is 4.39. The second-order valence-electron chi connectivity index (χ2n) is 6.59. The van der Waals surface area contributed by atoms with Gasteiger partial charge in [0.1, 0.15) is 5.82 Å². The molecule has 2 heterocycles. The fourth-order valence-electron chi connectivity index (χ4n) is 2.38. The van der Waals surface area contributed by atoms with Crippen LogP contribution in [0.4, 0.5) is 0 Å². The number of aryl methyl sites for hydroxylation is 1. The summed E-state index contributed by atoms with van der Waals surface area (Å²) < 4.78 is 7.23. The van der Waals surface area contributed by atoms with Gasteiger partial charge in [-0.3, -0.25) is 0 Å². The number of hydrogen-bond donors (Lipinski definition) is 0. The smallest absolute Gasteiger partial charge is 0.198 e. The number of rotatable bonds is 4. The van der Waals surface area contributed by atoms with E-state index < -0.39 is 0 Å². The number of nitrogens with zero attached hydrogens (tertiary/aromatic N) is 5. The standard InChI is InChI=1S/C17H21N5S2/c1-6-22-14(12-7-9-13(10-8-12)17(3,4)5)19-20-15(22)23-16-18-11(2)21-24-16/h7-10H,6H2,1-5H3. The van der Waals surface area contributed by atoms with Gasteiger partial charge in [-0.2, -0.15) is 4.37 Å². The van der Waals surface area contributed by atoms with Gasteiger partial charge in [0, 0.05) is 12.1 Å². The van der Waals surface area contributed by atoms with Crippen molar-refractivity contribution in [2.45, 2.75) is 56.1 Å². The molecular weight excluding hydrogens is 338 g/mol. The van der Waals surface area contributed by atoms with Gasteiger partial charge in [-0.25, -0.2) is 4.98 Å². The van der Waals surface area contributed by atoms with Gasteiger partial charge in [0.05, 0.1) is 0 Å². The first-order chi connectivity index (χ1) is 11.4. The van der Waals surface area contributed by atoms with Gasteiger partial charge < -0.3 is 4.57 Å². The number of benzene rings is 1. The van der Waals surface area contributed by atoms with Crippen molar-refractivity contribution in [1.82, 2.24) is 24.1 Å². The van der Waals surface area contributed by atoms with Gasteiger partial charge in [0.2, 0.25) is 0 Å². The third kappa shape index (κ3) is 3.52. The maximum Gasteiger partial charge on any atom is 0.198 e. The molecule has 0 aliphatic heterocycles. The summed E-state index contributed by atoms with van der Waals surface area (Å²) in [6, 6.07) is 8.59. The molecule has 0 bridgehead atoms. The molecule has 3 rings (SSSR count). The summed E-state index contributed by atoms with van der Waals surface area (Å²) >= 11 is 2.91. The summed E-state index contributed by atoms with van der Waals surface area (Å²) in [5.74, 6) is 1.68. The van der Waals surface area contributed by atoms with Crippen LogP contribution in [0.2, 0.25) is 0 Å². The Balaban J connectivity index is 1.91. The van der Waals surface area contributed by atoms with Crippen molar-refractivity contribution in [3.8, 4) is 11.4 Å². The summed E-state index contributed by atoms with van der Waals surface area (Å²) in [6.07, 6.45) is 0. The van der Waals surface area contributed by atoms with Crippen LogP contribution in [-0.2, 0) is 12.0 Å². The maximum absolute atomic E-state index is 4.40. The van der Waals surface area contributed by atoms with Crippen LogP contribution in [0.3, 0.4) is 0 Å². The minimum Gasteiger partial charge on any atom is -0.302 e. The molecule has 0 saturated carbocycles. The lowest BCUT2D eigenvalue weighted by molar-refractivity contribution is 0.590. The highest BCUT2D eigenvalue weighted by Gasteiger charge is 2.17. The van der Waals surface area contributed by atoms with E-state index in [0.717, 1.165) is 33.3 Å². The first kappa shape index (κ1) is 17.1. The Morgan fingerprint density at radius 1 is 1.12 bits per heavy atom. The van der Waals surface area contributed by atoms with E-state index in [9.17, 15) is 0 Å². The highest BCUT2D eigenvalue weighted by Crippen LogP contribution is 2.31. The zero-order chi connectivity index (χ0) is 17.3. The second kappa shape index (κ2) is 6.64. The molecule has 0 unspecified atom stereocenters. The van der Waals surface area contributed by atoms with Crippen LogP contribution in [-0.4, -0.2) is 24.1 Å². The summed E-state index contributed by atoms with van der Waals surface area (Å²) in [6.45, 7) is 11.5. The van der Waals surface area contributed by atoms with E-state index >= 15 is 0 Å². The quantitative estimate of drug-likeness (QED) is 0.683. The summed E-state index contributed by atoms with van der Waals surface area (Å²) in [5, 5.41) is 9.61. The SMILES string of the molecule is CCn1c(Sc2nc(C)ns2)nnc1-c1ccc(C(C)(C)C)cc1. The molecular formula is C17H21N5S2. The van der Waals surface area contributed by atoms with Crippen LogP contribution >= 0.6 is 23.3 Å². The molecule has 5 nitrogen and oxygen atoms in total. The van der Waals surface area contributed by atoms with Crippen LogP contribution in [0.5, 0.6) is 0 Å². The van der Waals surface area contributed by atoms with Gasteiger partial charge in [0.15, 0.2) is 15.3 Å². The molecule has 1 aromatic carbocycles. The minimum absolute atomic E-state index is 0.146. The molecule has 0 amide bonds. The molecule has 0 spiro atoms. The van der Waals surface area contributed by atoms with Crippen molar-refractivity contribution in [3.05, 3.63) is 35.7 Å². The van der Waals surface area contributed by atoms with Crippen LogP contribution in [0.1, 0.15) is 39.1 Å². The Morgan fingerprint density at radius 3 is 2.38 bits per heavy atom. The lowest BCUT2D eigenvalue weighted by atomic mass is 9.87. The molecule has 7 heteroatoms. The van der Waals surface area contributed by atoms with Gasteiger partial charge in [0.25, 0.3) is 0 Å². The first-order valence-corrected chi connectivity index (χ1v) is 9.49. The van der Waals surface area contributed by atoms with E-state index in [2.05, 4.69) is 76.1 Å². The first-order valence-electron chi connectivity index (χ1n) is 7.90. The Hall–Kier alpha value is -1.73. The second-order valence-corrected chi connectivity index (χ2v) is 8.55. The topological polar surface area (TPSA) is 56.5 Å². The van der Waals surface area contributed by atoms with E-state index in [1.54, 1.807) is 0 Å². The Kier molecular flexibility index (Phi) is 4.73. The molecule has 0 aliphatic carbocycles. The molecule has 0 saturated heterocycles. The highest BCUT2D eigenvalue weighted by molar-refractivity contribution is 8.00. The van der Waals surface area contributed by atoms with Crippen molar-refractivity contribution in [2.75, 3.05) is 0 Å². The van der Waals surface area contributed by atoms with Crippen LogP contribution in [0, 0.1) is 6.92 Å². The normalized spacial score (nSPS) is 11.9. The molecule has 0 fully saturated rings. The summed E-state index contributed by atoms with van der Waals surface area (Å²) in [7, 11) is 0. The van der Waals surface area contributed by atoms with Crippen molar-refractivity contribution in [2.24, 2.45) is 0 Å². The molecule has 0 atom stereocenters. The predicted molar refractivity (Wildman–Crippen MR) is 98.6 cm³/mol. The maximum atomic E-state index is 4.40. The highest BCUT2D eigenvalue weighted by atomic mass is 32.2. The van der Waals surface area contributed by atoms with E-state index in [-0.39, 0.29) is 5.41 Å². The third-order valence-electron chi connectivity index (χ3n) is 3.73. The lowest BCUT2D eigenvalue weighted by Crippen LogP contribution is -2.10. The molecule has 0 aliphatic rings. The predicted octanol–water partition coefficient (Wildman–Crippen LogP) is 4.57. The minimum atomic E-state index is 0.146. The fourth-order valence-corrected chi connectivity index (χ4v) is 4.03. The average molecular weight is 360 g/mol. The molecule has 24 heavy (non-hydrogen) atoms. The molecule has 3 aromatic rings. The van der Waals surface area contributed by atoms with Crippen LogP contribution < -0.4 is 0 Å². The Bertz CT molecular complexity index is 828. The largest absolute Gasteiger partial charge is 0.302 e. The average Bonchev–Trinajstić information content (AvgIpc) is 3.13. The number of aromatic nitrogens is 5. The molecule has 126 valence electrons. The van der Waals surface area contributed by atoms with Crippen LogP contribution in [0.25, 0.3) is 11.4 Å². The Labute approximate surface area is 150 Å². The van der Waals surface area contributed by atoms with Crippen molar-refractivity contribution in [3.63, 3.8) is 0 Å². The van der Waals surface area contributed by atoms with E-state index in [0.29, 0.717) is 0 Å². The molecule has 0 N–H and O–H groups in total. The van der Waals surface area contributed by atoms with Crippen LogP contribution in [0.15, 0.2) is 33.8 Å². The van der Waals surface area contributed by atoms with E-state index in [4.69, 9.17) is 0 Å². The fraction of sp³-hybridized carbons (Fsp3) is 0.412. The molecule has 2 aromatic heterocycles. The number of hydrogen-bond acceptors (Lipinski definition) is 6. The van der Waals surface area contributed by atoms with E-state index in [1.807, 2.05) is 6.92 Å². The lowest BCUT2D eigenvalue weighted by Gasteiger charge is -2.19. The van der Waals surface area contributed by atoms with Gasteiger partial charge in [-0.1, -0.05) is 45.0 Å². The molecule has 0 radical (unpaired) electrons. The monoisotopic (exact) mass is 359 g/mol. The third-order valence-corrected chi connectivity index (χ3v) is 5.56. The van der Waals surface area contributed by atoms with Crippen molar-refractivity contribution >= 4 is 23.3 Å². The zero-order valence-corrected chi connectivity index (χ0v) is 16.2. The van der Waals surface area contributed by atoms with Gasteiger partial charge in [-0.05, 0) is 48.1 Å². The zero-order valence-electron chi connectivity index (χ0n) is 14.6. The Morgan fingerprint density at radius 2 is 1.83 bits per heavy atom. The van der Waals surface area contributed by atoms with Gasteiger partial charge in [-0.15, -0.1) is 10.2 Å². The van der Waals surface area contributed by atoms with Crippen molar-refractivity contribution < 1.29 is 0 Å².